The SMILES string of the molecule is COc1ccc(N2C(=O)/C(=C/c3ccc(OCC(=O)Nc4ccc(Br)c(C)c4C)c(OC)c3)SC2=S)cc1. The van der Waals surface area contributed by atoms with Gasteiger partial charge in [-0.05, 0) is 85.1 Å². The molecule has 3 aromatic rings. The summed E-state index contributed by atoms with van der Waals surface area (Å²) in [6.07, 6.45) is 1.75. The zero-order valence-corrected chi connectivity index (χ0v) is 24.4. The first kappa shape index (κ1) is 27.7. The Morgan fingerprint density at radius 1 is 1.03 bits per heavy atom. The topological polar surface area (TPSA) is 77.1 Å². The number of rotatable bonds is 8. The molecule has 3 aromatic carbocycles. The lowest BCUT2D eigenvalue weighted by Crippen LogP contribution is -2.27. The maximum absolute atomic E-state index is 13.1. The largest absolute Gasteiger partial charge is 0.497 e. The van der Waals surface area contributed by atoms with Gasteiger partial charge in [-0.3, -0.25) is 14.5 Å². The highest BCUT2D eigenvalue weighted by Crippen LogP contribution is 2.37. The van der Waals surface area contributed by atoms with E-state index in [1.54, 1.807) is 55.7 Å². The quantitative estimate of drug-likeness (QED) is 0.230. The van der Waals surface area contributed by atoms with Gasteiger partial charge in [0.25, 0.3) is 11.8 Å². The second-order valence-corrected chi connectivity index (χ2v) is 10.8. The average molecular weight is 614 g/mol. The predicted octanol–water partition coefficient (Wildman–Crippen LogP) is 6.51. The van der Waals surface area contributed by atoms with Crippen LogP contribution in [-0.4, -0.2) is 37.0 Å². The van der Waals surface area contributed by atoms with Gasteiger partial charge in [-0.2, -0.15) is 0 Å². The molecule has 2 amide bonds. The summed E-state index contributed by atoms with van der Waals surface area (Å²) in [5.41, 5.74) is 4.17. The molecule has 1 N–H and O–H groups in total. The maximum Gasteiger partial charge on any atom is 0.270 e. The first-order valence-corrected chi connectivity index (χ1v) is 13.5. The molecule has 0 aromatic heterocycles. The summed E-state index contributed by atoms with van der Waals surface area (Å²) in [4.78, 5) is 27.6. The first-order chi connectivity index (χ1) is 18.2. The van der Waals surface area contributed by atoms with E-state index in [-0.39, 0.29) is 18.4 Å². The van der Waals surface area contributed by atoms with Gasteiger partial charge in [-0.1, -0.05) is 46.0 Å². The first-order valence-electron chi connectivity index (χ1n) is 11.5. The number of hydrogen-bond donors (Lipinski definition) is 1. The molecule has 0 bridgehead atoms. The van der Waals surface area contributed by atoms with Gasteiger partial charge in [-0.15, -0.1) is 0 Å². The minimum absolute atomic E-state index is 0.190. The summed E-state index contributed by atoms with van der Waals surface area (Å²) in [7, 11) is 3.10. The number of nitrogens with one attached hydrogen (secondary N) is 1. The minimum Gasteiger partial charge on any atom is -0.497 e. The van der Waals surface area contributed by atoms with E-state index in [1.807, 2.05) is 26.0 Å². The average Bonchev–Trinajstić information content (AvgIpc) is 3.20. The van der Waals surface area contributed by atoms with Gasteiger partial charge in [0, 0.05) is 10.2 Å². The van der Waals surface area contributed by atoms with Gasteiger partial charge in [0.1, 0.15) is 5.75 Å². The van der Waals surface area contributed by atoms with E-state index in [9.17, 15) is 9.59 Å². The molecule has 10 heteroatoms. The molecule has 0 aliphatic carbocycles. The van der Waals surface area contributed by atoms with E-state index in [0.717, 1.165) is 26.9 Å². The highest BCUT2D eigenvalue weighted by Gasteiger charge is 2.33. The fourth-order valence-electron chi connectivity index (χ4n) is 3.72. The molecule has 0 atom stereocenters. The Morgan fingerprint density at radius 3 is 2.45 bits per heavy atom. The third-order valence-electron chi connectivity index (χ3n) is 5.96. The molecular weight excluding hydrogens is 588 g/mol. The number of thioether (sulfide) groups is 1. The number of methoxy groups -OCH3 is 2. The molecular formula is C28H25BrN2O5S2. The zero-order chi connectivity index (χ0) is 27.4. The van der Waals surface area contributed by atoms with Gasteiger partial charge in [0.05, 0.1) is 24.8 Å². The van der Waals surface area contributed by atoms with E-state index < -0.39 is 0 Å². The van der Waals surface area contributed by atoms with Crippen molar-refractivity contribution in [2.45, 2.75) is 13.8 Å². The number of thiocarbonyl (C=S) groups is 1. The molecule has 0 spiro atoms. The Balaban J connectivity index is 1.45. The van der Waals surface area contributed by atoms with Crippen LogP contribution in [0.15, 0.2) is 64.0 Å². The standard InChI is InChI=1S/C28H25BrN2O5S2/c1-16-17(2)22(11-10-21(16)29)30-26(32)15-36-23-12-5-18(13-24(23)35-4)14-25-27(33)31(28(37)38-25)19-6-8-20(34-3)9-7-19/h5-14H,15H2,1-4H3,(H,30,32)/b25-14-. The molecule has 1 aliphatic rings. The summed E-state index contributed by atoms with van der Waals surface area (Å²) in [6, 6.07) is 16.1. The fourth-order valence-corrected chi connectivity index (χ4v) is 5.45. The molecule has 196 valence electrons. The van der Waals surface area contributed by atoms with Crippen molar-refractivity contribution in [3.63, 3.8) is 0 Å². The van der Waals surface area contributed by atoms with Crippen molar-refractivity contribution < 1.29 is 23.8 Å². The van der Waals surface area contributed by atoms with Crippen molar-refractivity contribution in [3.05, 3.63) is 80.7 Å². The van der Waals surface area contributed by atoms with Crippen LogP contribution in [-0.2, 0) is 9.59 Å². The smallest absolute Gasteiger partial charge is 0.270 e. The molecule has 0 unspecified atom stereocenters. The molecule has 1 fully saturated rings. The Morgan fingerprint density at radius 2 is 1.76 bits per heavy atom. The number of anilines is 2. The van der Waals surface area contributed by atoms with Gasteiger partial charge >= 0.3 is 0 Å². The van der Waals surface area contributed by atoms with Crippen LogP contribution in [0.25, 0.3) is 6.08 Å². The van der Waals surface area contributed by atoms with Crippen LogP contribution in [0.1, 0.15) is 16.7 Å². The Labute approximate surface area is 239 Å². The predicted molar refractivity (Wildman–Crippen MR) is 159 cm³/mol. The Kier molecular flexibility index (Phi) is 8.76. The molecule has 7 nitrogen and oxygen atoms in total. The highest BCUT2D eigenvalue weighted by atomic mass is 79.9. The monoisotopic (exact) mass is 612 g/mol. The lowest BCUT2D eigenvalue weighted by Gasteiger charge is -2.15. The van der Waals surface area contributed by atoms with Crippen molar-refractivity contribution >= 4 is 73.5 Å². The second-order valence-electron chi connectivity index (χ2n) is 8.31. The number of carbonyl (C=O) groups excluding carboxylic acids is 2. The minimum atomic E-state index is -0.289. The lowest BCUT2D eigenvalue weighted by atomic mass is 10.1. The van der Waals surface area contributed by atoms with Gasteiger partial charge in [0.15, 0.2) is 22.4 Å². The number of halogens is 1. The summed E-state index contributed by atoms with van der Waals surface area (Å²) in [6.45, 7) is 3.74. The summed E-state index contributed by atoms with van der Waals surface area (Å²) in [5.74, 6) is 1.05. The summed E-state index contributed by atoms with van der Waals surface area (Å²) in [5, 5.41) is 2.88. The lowest BCUT2D eigenvalue weighted by molar-refractivity contribution is -0.118. The van der Waals surface area contributed by atoms with Gasteiger partial charge in [0.2, 0.25) is 0 Å². The number of carbonyl (C=O) groups is 2. The molecule has 1 heterocycles. The second kappa shape index (κ2) is 12.0. The van der Waals surface area contributed by atoms with E-state index in [4.69, 9.17) is 26.4 Å². The number of benzene rings is 3. The van der Waals surface area contributed by atoms with Gasteiger partial charge < -0.3 is 19.5 Å². The van der Waals surface area contributed by atoms with Crippen LogP contribution in [0.2, 0.25) is 0 Å². The van der Waals surface area contributed by atoms with E-state index in [1.165, 1.54) is 23.8 Å². The van der Waals surface area contributed by atoms with Crippen molar-refractivity contribution in [2.24, 2.45) is 0 Å². The molecule has 4 rings (SSSR count). The van der Waals surface area contributed by atoms with Crippen LogP contribution in [0.3, 0.4) is 0 Å². The molecule has 1 aliphatic heterocycles. The number of amides is 2. The maximum atomic E-state index is 13.1. The van der Waals surface area contributed by atoms with Crippen molar-refractivity contribution in [1.82, 2.24) is 0 Å². The van der Waals surface area contributed by atoms with Crippen LogP contribution in [0, 0.1) is 13.8 Å². The third kappa shape index (κ3) is 6.03. The van der Waals surface area contributed by atoms with Gasteiger partial charge in [-0.25, -0.2) is 0 Å². The molecule has 38 heavy (non-hydrogen) atoms. The number of ether oxygens (including phenoxy) is 3. The Hall–Kier alpha value is -3.34. The zero-order valence-electron chi connectivity index (χ0n) is 21.2. The van der Waals surface area contributed by atoms with E-state index in [0.29, 0.717) is 32.2 Å². The summed E-state index contributed by atoms with van der Waals surface area (Å²) < 4.78 is 17.8. The van der Waals surface area contributed by atoms with Crippen LogP contribution < -0.4 is 24.4 Å². The van der Waals surface area contributed by atoms with E-state index in [2.05, 4.69) is 21.2 Å². The fraction of sp³-hybridized carbons (Fsp3) is 0.179. The van der Waals surface area contributed by atoms with Crippen LogP contribution in [0.5, 0.6) is 17.2 Å². The molecule has 0 saturated carbocycles. The molecule has 0 radical (unpaired) electrons. The summed E-state index contributed by atoms with van der Waals surface area (Å²) >= 11 is 10.2. The van der Waals surface area contributed by atoms with Crippen LogP contribution in [0.4, 0.5) is 11.4 Å². The number of nitrogens with zero attached hydrogens (tertiary/aromatic N) is 1. The molecule has 1 saturated heterocycles. The van der Waals surface area contributed by atoms with Crippen molar-refractivity contribution in [3.8, 4) is 17.2 Å². The number of hydrogen-bond acceptors (Lipinski definition) is 7. The Bertz CT molecular complexity index is 1440. The van der Waals surface area contributed by atoms with Crippen molar-refractivity contribution in [1.29, 1.82) is 0 Å². The van der Waals surface area contributed by atoms with Crippen molar-refractivity contribution in [2.75, 3.05) is 31.0 Å². The normalized spacial score (nSPS) is 14.1. The van der Waals surface area contributed by atoms with Crippen LogP contribution >= 0.6 is 39.9 Å². The third-order valence-corrected chi connectivity index (χ3v) is 8.12. The highest BCUT2D eigenvalue weighted by molar-refractivity contribution is 9.10. The van der Waals surface area contributed by atoms with E-state index >= 15 is 0 Å².